The van der Waals surface area contributed by atoms with Crippen molar-refractivity contribution in [2.75, 3.05) is 11.9 Å². The molecule has 6 heteroatoms. The molecule has 0 atom stereocenters. The number of anilines is 1. The molecular weight excluding hydrogens is 363 g/mol. The maximum atomic E-state index is 13.8. The average molecular weight is 378 g/mol. The minimum atomic E-state index is -0.393. The number of nitrogens with one attached hydrogen (secondary N) is 2. The predicted octanol–water partition coefficient (Wildman–Crippen LogP) is 3.90. The van der Waals surface area contributed by atoms with Crippen molar-refractivity contribution in [1.29, 1.82) is 0 Å². The van der Waals surface area contributed by atoms with Gasteiger partial charge in [0.2, 0.25) is 5.91 Å². The third-order valence-corrected chi connectivity index (χ3v) is 4.81. The van der Waals surface area contributed by atoms with Crippen LogP contribution in [0.1, 0.15) is 15.2 Å². The van der Waals surface area contributed by atoms with Crippen LogP contribution in [-0.2, 0) is 4.79 Å². The number of halogens is 1. The van der Waals surface area contributed by atoms with E-state index < -0.39 is 5.91 Å². The quantitative estimate of drug-likeness (QED) is 0.662. The Hall–Kier alpha value is -3.43. The van der Waals surface area contributed by atoms with E-state index in [1.807, 2.05) is 0 Å². The van der Waals surface area contributed by atoms with E-state index in [4.69, 9.17) is 6.42 Å². The van der Waals surface area contributed by atoms with Crippen LogP contribution in [0.5, 0.6) is 0 Å². The number of hydrogen-bond donors (Lipinski definition) is 2. The number of terminal acetylenes is 1. The smallest absolute Gasteiger partial charge is 0.261 e. The van der Waals surface area contributed by atoms with Crippen LogP contribution in [0.2, 0.25) is 0 Å². The molecule has 1 heterocycles. The SMILES string of the molecule is C#Cc1cccc(NC(=O)CNC(=O)c2ccc(-c3ccccc3F)s2)c1. The molecule has 0 bridgehead atoms. The summed E-state index contributed by atoms with van der Waals surface area (Å²) in [6.45, 7) is -0.188. The fraction of sp³-hybridized carbons (Fsp3) is 0.0476. The van der Waals surface area contributed by atoms with Crippen LogP contribution in [-0.4, -0.2) is 18.4 Å². The van der Waals surface area contributed by atoms with Crippen molar-refractivity contribution in [3.8, 4) is 22.8 Å². The first-order valence-corrected chi connectivity index (χ1v) is 8.88. The van der Waals surface area contributed by atoms with E-state index in [9.17, 15) is 14.0 Å². The lowest BCUT2D eigenvalue weighted by atomic mass is 10.2. The zero-order chi connectivity index (χ0) is 19.2. The summed E-state index contributed by atoms with van der Waals surface area (Å²) in [6, 6.07) is 16.5. The number of amides is 2. The van der Waals surface area contributed by atoms with Gasteiger partial charge < -0.3 is 10.6 Å². The zero-order valence-corrected chi connectivity index (χ0v) is 15.0. The van der Waals surface area contributed by atoms with Crippen molar-refractivity contribution in [1.82, 2.24) is 5.32 Å². The van der Waals surface area contributed by atoms with Crippen LogP contribution in [0.15, 0.2) is 60.7 Å². The number of carbonyl (C=O) groups is 2. The van der Waals surface area contributed by atoms with Crippen LogP contribution in [0, 0.1) is 18.2 Å². The maximum Gasteiger partial charge on any atom is 0.261 e. The van der Waals surface area contributed by atoms with Crippen molar-refractivity contribution in [3.63, 3.8) is 0 Å². The first kappa shape index (κ1) is 18.4. The van der Waals surface area contributed by atoms with Crippen molar-refractivity contribution in [2.24, 2.45) is 0 Å². The van der Waals surface area contributed by atoms with E-state index in [2.05, 4.69) is 16.6 Å². The predicted molar refractivity (Wildman–Crippen MR) is 105 cm³/mol. The number of hydrogen-bond acceptors (Lipinski definition) is 3. The molecule has 0 spiro atoms. The van der Waals surface area contributed by atoms with E-state index in [-0.39, 0.29) is 18.3 Å². The number of carbonyl (C=O) groups excluding carboxylic acids is 2. The second-order valence-electron chi connectivity index (χ2n) is 5.60. The highest BCUT2D eigenvalue weighted by Crippen LogP contribution is 2.29. The molecule has 0 unspecified atom stereocenters. The minimum absolute atomic E-state index is 0.188. The molecule has 3 aromatic rings. The highest BCUT2D eigenvalue weighted by atomic mass is 32.1. The van der Waals surface area contributed by atoms with Crippen molar-refractivity contribution >= 4 is 28.8 Å². The molecule has 0 fully saturated rings. The molecule has 1 aromatic heterocycles. The summed E-state index contributed by atoms with van der Waals surface area (Å²) in [4.78, 5) is 25.3. The minimum Gasteiger partial charge on any atom is -0.342 e. The first-order chi connectivity index (χ1) is 13.1. The molecule has 0 radical (unpaired) electrons. The average Bonchev–Trinajstić information content (AvgIpc) is 3.16. The van der Waals surface area contributed by atoms with Crippen LogP contribution < -0.4 is 10.6 Å². The third-order valence-electron chi connectivity index (χ3n) is 3.69. The van der Waals surface area contributed by atoms with Crippen molar-refractivity contribution in [2.45, 2.75) is 0 Å². The van der Waals surface area contributed by atoms with Gasteiger partial charge in [-0.15, -0.1) is 17.8 Å². The highest BCUT2D eigenvalue weighted by Gasteiger charge is 2.13. The van der Waals surface area contributed by atoms with E-state index in [0.29, 0.717) is 26.6 Å². The molecular formula is C21H15FN2O2S. The molecule has 0 aliphatic rings. The fourth-order valence-electron chi connectivity index (χ4n) is 2.41. The van der Waals surface area contributed by atoms with Crippen LogP contribution >= 0.6 is 11.3 Å². The Morgan fingerprint density at radius 2 is 1.89 bits per heavy atom. The standard InChI is InChI=1S/C21H15FN2O2S/c1-2-14-6-5-7-15(12-14)24-20(25)13-23-21(26)19-11-10-18(27-19)16-8-3-4-9-17(16)22/h1,3-12H,13H2,(H,23,26)(H,24,25). The van der Waals surface area contributed by atoms with Crippen LogP contribution in [0.3, 0.4) is 0 Å². The van der Waals surface area contributed by atoms with Gasteiger partial charge in [-0.1, -0.05) is 30.2 Å². The number of rotatable bonds is 5. The second kappa shape index (κ2) is 8.30. The Balaban J connectivity index is 1.59. The largest absolute Gasteiger partial charge is 0.342 e. The van der Waals surface area contributed by atoms with Gasteiger partial charge in [-0.2, -0.15) is 0 Å². The van der Waals surface area contributed by atoms with Gasteiger partial charge in [-0.05, 0) is 36.4 Å². The lowest BCUT2D eigenvalue weighted by molar-refractivity contribution is -0.115. The molecule has 0 saturated carbocycles. The summed E-state index contributed by atoms with van der Waals surface area (Å²) in [7, 11) is 0. The fourth-order valence-corrected chi connectivity index (χ4v) is 3.35. The Morgan fingerprint density at radius 1 is 1.07 bits per heavy atom. The van der Waals surface area contributed by atoms with Gasteiger partial charge >= 0.3 is 0 Å². The first-order valence-electron chi connectivity index (χ1n) is 8.06. The Kier molecular flexibility index (Phi) is 5.64. The van der Waals surface area contributed by atoms with Gasteiger partial charge in [0.1, 0.15) is 5.82 Å². The molecule has 2 N–H and O–H groups in total. The Labute approximate surface area is 160 Å². The molecule has 0 saturated heterocycles. The second-order valence-corrected chi connectivity index (χ2v) is 6.68. The lowest BCUT2D eigenvalue weighted by Crippen LogP contribution is -2.32. The summed E-state index contributed by atoms with van der Waals surface area (Å²) in [5.74, 6) is 1.37. The molecule has 2 aromatic carbocycles. The maximum absolute atomic E-state index is 13.8. The van der Waals surface area contributed by atoms with Gasteiger partial charge in [-0.3, -0.25) is 9.59 Å². The summed E-state index contributed by atoms with van der Waals surface area (Å²) < 4.78 is 13.8. The van der Waals surface area contributed by atoms with E-state index >= 15 is 0 Å². The Morgan fingerprint density at radius 3 is 2.67 bits per heavy atom. The number of thiophene rings is 1. The van der Waals surface area contributed by atoms with Crippen LogP contribution in [0.4, 0.5) is 10.1 Å². The zero-order valence-electron chi connectivity index (χ0n) is 14.2. The topological polar surface area (TPSA) is 58.2 Å². The summed E-state index contributed by atoms with van der Waals surface area (Å²) in [5, 5.41) is 5.22. The van der Waals surface area contributed by atoms with Gasteiger partial charge in [0, 0.05) is 21.7 Å². The molecule has 2 amide bonds. The molecule has 4 nitrogen and oxygen atoms in total. The molecule has 0 aliphatic carbocycles. The number of benzene rings is 2. The van der Waals surface area contributed by atoms with Crippen molar-refractivity contribution in [3.05, 3.63) is 76.9 Å². The van der Waals surface area contributed by atoms with Gasteiger partial charge in [0.05, 0.1) is 11.4 Å². The molecule has 0 aliphatic heterocycles. The van der Waals surface area contributed by atoms with Gasteiger partial charge in [0.25, 0.3) is 5.91 Å². The van der Waals surface area contributed by atoms with Gasteiger partial charge in [0.15, 0.2) is 0 Å². The van der Waals surface area contributed by atoms with E-state index in [1.165, 1.54) is 6.07 Å². The van der Waals surface area contributed by atoms with E-state index in [0.717, 1.165) is 11.3 Å². The summed E-state index contributed by atoms with van der Waals surface area (Å²) in [5.41, 5.74) is 1.64. The van der Waals surface area contributed by atoms with Crippen LogP contribution in [0.25, 0.3) is 10.4 Å². The highest BCUT2D eigenvalue weighted by molar-refractivity contribution is 7.17. The van der Waals surface area contributed by atoms with Crippen molar-refractivity contribution < 1.29 is 14.0 Å². The molecule has 134 valence electrons. The summed E-state index contributed by atoms with van der Waals surface area (Å²) in [6.07, 6.45) is 5.32. The molecule has 27 heavy (non-hydrogen) atoms. The summed E-state index contributed by atoms with van der Waals surface area (Å²) >= 11 is 1.16. The van der Waals surface area contributed by atoms with Gasteiger partial charge in [-0.25, -0.2) is 4.39 Å². The third kappa shape index (κ3) is 4.60. The normalized spacial score (nSPS) is 10.1. The van der Waals surface area contributed by atoms with E-state index in [1.54, 1.807) is 54.6 Å². The Bertz CT molecular complexity index is 1040. The molecule has 3 rings (SSSR count). The lowest BCUT2D eigenvalue weighted by Gasteiger charge is -2.06. The monoisotopic (exact) mass is 378 g/mol.